The first-order valence-corrected chi connectivity index (χ1v) is 2.70. The largest absolute Gasteiger partial charge is 0.315 e. The Hall–Kier alpha value is -0.810. The van der Waals surface area contributed by atoms with Crippen molar-refractivity contribution >= 4 is 0 Å². The van der Waals surface area contributed by atoms with E-state index < -0.39 is 0 Å². The summed E-state index contributed by atoms with van der Waals surface area (Å²) in [6, 6.07) is 1.96. The maximum Gasteiger partial charge on any atom is 0.0908 e. The summed E-state index contributed by atoms with van der Waals surface area (Å²) in [5, 5.41) is 11.2. The average Bonchev–Trinajstić information content (AvgIpc) is 1.63. The molecule has 2 nitrogen and oxygen atoms in total. The van der Waals surface area contributed by atoms with Crippen molar-refractivity contribution in [1.29, 1.82) is 5.26 Å². The molecule has 1 fully saturated rings. The van der Waals surface area contributed by atoms with Crippen molar-refractivity contribution in [1.82, 2.24) is 5.32 Å². The smallest absolute Gasteiger partial charge is 0.0908 e. The van der Waals surface area contributed by atoms with Crippen LogP contribution in [0.4, 0.5) is 0 Å². The summed E-state index contributed by atoms with van der Waals surface area (Å²) in [5.74, 6) is 0.620. The van der Waals surface area contributed by atoms with Gasteiger partial charge in [0.25, 0.3) is 0 Å². The minimum Gasteiger partial charge on any atom is -0.315 e. The molecule has 0 aromatic carbocycles. The molecule has 0 aromatic rings. The Kier molecular flexibility index (Phi) is 1.66. The van der Waals surface area contributed by atoms with Gasteiger partial charge >= 0.3 is 0 Å². The van der Waals surface area contributed by atoms with E-state index in [1.165, 1.54) is 0 Å². The third-order valence-corrected chi connectivity index (χ3v) is 1.26. The minimum absolute atomic E-state index is 0.620. The summed E-state index contributed by atoms with van der Waals surface area (Å²) >= 11 is 0. The quantitative estimate of drug-likeness (QED) is 0.490. The molecular formula is C6H8N2. The van der Waals surface area contributed by atoms with Gasteiger partial charge in [-0.15, -0.1) is 0 Å². The fourth-order valence-electron chi connectivity index (χ4n) is 0.626. The highest BCUT2D eigenvalue weighted by Gasteiger charge is 2.11. The highest BCUT2D eigenvalue weighted by Crippen LogP contribution is 2.02. The Morgan fingerprint density at radius 3 is 2.75 bits per heavy atom. The molecule has 42 valence electrons. The molecule has 1 aliphatic heterocycles. The van der Waals surface area contributed by atoms with Crippen LogP contribution in [0.15, 0.2) is 12.2 Å². The lowest BCUT2D eigenvalue weighted by atomic mass is 10.0. The van der Waals surface area contributed by atoms with Crippen LogP contribution in [0.25, 0.3) is 0 Å². The van der Waals surface area contributed by atoms with Crippen LogP contribution in [0, 0.1) is 17.2 Å². The minimum atomic E-state index is 0.620. The molecular weight excluding hydrogens is 100 g/mol. The second-order valence-corrected chi connectivity index (χ2v) is 1.91. The number of nitrogens with one attached hydrogen (secondary N) is 1. The number of hydrogen-bond acceptors (Lipinski definition) is 2. The number of rotatable bonds is 1. The molecule has 0 radical (unpaired) electrons. The first-order valence-electron chi connectivity index (χ1n) is 2.70. The predicted molar refractivity (Wildman–Crippen MR) is 31.1 cm³/mol. The lowest BCUT2D eigenvalue weighted by Crippen LogP contribution is -2.40. The van der Waals surface area contributed by atoms with E-state index in [1.807, 2.05) is 12.1 Å². The third kappa shape index (κ3) is 1.08. The van der Waals surface area contributed by atoms with Crippen molar-refractivity contribution in [2.24, 2.45) is 5.92 Å². The van der Waals surface area contributed by atoms with Crippen LogP contribution >= 0.6 is 0 Å². The molecule has 0 atom stereocenters. The average molecular weight is 108 g/mol. The summed E-state index contributed by atoms with van der Waals surface area (Å²) < 4.78 is 0. The maximum absolute atomic E-state index is 8.08. The lowest BCUT2D eigenvalue weighted by molar-refractivity contribution is 0.419. The van der Waals surface area contributed by atoms with Gasteiger partial charge in [0.1, 0.15) is 0 Å². The number of nitriles is 1. The number of hydrogen-bond donors (Lipinski definition) is 1. The molecule has 1 N–H and O–H groups in total. The van der Waals surface area contributed by atoms with Gasteiger partial charge in [-0.1, -0.05) is 6.08 Å². The topological polar surface area (TPSA) is 35.8 Å². The van der Waals surface area contributed by atoms with Crippen LogP contribution in [-0.2, 0) is 0 Å². The van der Waals surface area contributed by atoms with Gasteiger partial charge in [0.15, 0.2) is 0 Å². The number of nitrogens with zero attached hydrogens (tertiary/aromatic N) is 1. The molecule has 0 saturated carbocycles. The van der Waals surface area contributed by atoms with E-state index in [0.717, 1.165) is 13.1 Å². The van der Waals surface area contributed by atoms with E-state index >= 15 is 0 Å². The first kappa shape index (κ1) is 5.33. The molecule has 2 heteroatoms. The molecule has 0 aliphatic carbocycles. The van der Waals surface area contributed by atoms with Gasteiger partial charge in [-0.2, -0.15) is 5.26 Å². The standard InChI is InChI=1S/C6H8N2/c7-3-1-2-6-4-8-5-6/h1-2,6,8H,4-5H2/b2-1+. The van der Waals surface area contributed by atoms with Gasteiger partial charge in [0.05, 0.1) is 6.07 Å². The molecule has 1 saturated heterocycles. The van der Waals surface area contributed by atoms with Crippen molar-refractivity contribution in [3.63, 3.8) is 0 Å². The molecule has 0 spiro atoms. The Labute approximate surface area is 48.8 Å². The summed E-state index contributed by atoms with van der Waals surface area (Å²) in [6.07, 6.45) is 3.49. The van der Waals surface area contributed by atoms with Crippen LogP contribution in [0.1, 0.15) is 0 Å². The molecule has 0 amide bonds. The van der Waals surface area contributed by atoms with Gasteiger partial charge < -0.3 is 5.32 Å². The van der Waals surface area contributed by atoms with Crippen molar-refractivity contribution < 1.29 is 0 Å². The molecule has 1 aliphatic rings. The lowest BCUT2D eigenvalue weighted by Gasteiger charge is -2.22. The van der Waals surface area contributed by atoms with E-state index in [1.54, 1.807) is 6.08 Å². The molecule has 0 aromatic heterocycles. The second-order valence-electron chi connectivity index (χ2n) is 1.91. The summed E-state index contributed by atoms with van der Waals surface area (Å²) in [4.78, 5) is 0. The Bertz CT molecular complexity index is 128. The monoisotopic (exact) mass is 108 g/mol. The van der Waals surface area contributed by atoms with Gasteiger partial charge in [-0.25, -0.2) is 0 Å². The van der Waals surface area contributed by atoms with Crippen LogP contribution in [0.3, 0.4) is 0 Å². The van der Waals surface area contributed by atoms with E-state index in [4.69, 9.17) is 5.26 Å². The van der Waals surface area contributed by atoms with E-state index in [2.05, 4.69) is 5.32 Å². The molecule has 0 bridgehead atoms. The molecule has 1 rings (SSSR count). The predicted octanol–water partition coefficient (Wildman–Crippen LogP) is 0.286. The van der Waals surface area contributed by atoms with Crippen molar-refractivity contribution in [2.45, 2.75) is 0 Å². The first-order chi connectivity index (χ1) is 3.93. The zero-order chi connectivity index (χ0) is 5.82. The molecule has 0 unspecified atom stereocenters. The van der Waals surface area contributed by atoms with Gasteiger partial charge in [-0.05, 0) is 0 Å². The van der Waals surface area contributed by atoms with Crippen LogP contribution in [-0.4, -0.2) is 13.1 Å². The number of allylic oxidation sites excluding steroid dienone is 1. The zero-order valence-corrected chi connectivity index (χ0v) is 4.59. The van der Waals surface area contributed by atoms with E-state index in [0.29, 0.717) is 5.92 Å². The Morgan fingerprint density at radius 1 is 1.62 bits per heavy atom. The Morgan fingerprint density at radius 2 is 2.38 bits per heavy atom. The molecule has 8 heavy (non-hydrogen) atoms. The third-order valence-electron chi connectivity index (χ3n) is 1.26. The van der Waals surface area contributed by atoms with E-state index in [9.17, 15) is 0 Å². The fourth-order valence-corrected chi connectivity index (χ4v) is 0.626. The highest BCUT2D eigenvalue weighted by atomic mass is 14.9. The van der Waals surface area contributed by atoms with Crippen LogP contribution < -0.4 is 5.32 Å². The summed E-state index contributed by atoms with van der Waals surface area (Å²) in [7, 11) is 0. The highest BCUT2D eigenvalue weighted by molar-refractivity contribution is 5.06. The summed E-state index contributed by atoms with van der Waals surface area (Å²) in [5.41, 5.74) is 0. The Balaban J connectivity index is 2.20. The summed E-state index contributed by atoms with van der Waals surface area (Å²) in [6.45, 7) is 2.08. The van der Waals surface area contributed by atoms with Crippen molar-refractivity contribution in [3.8, 4) is 6.07 Å². The van der Waals surface area contributed by atoms with Gasteiger partial charge in [0, 0.05) is 25.1 Å². The molecule has 1 heterocycles. The van der Waals surface area contributed by atoms with Gasteiger partial charge in [0.2, 0.25) is 0 Å². The van der Waals surface area contributed by atoms with E-state index in [-0.39, 0.29) is 0 Å². The second kappa shape index (κ2) is 2.49. The van der Waals surface area contributed by atoms with Crippen LogP contribution in [0.2, 0.25) is 0 Å². The zero-order valence-electron chi connectivity index (χ0n) is 4.59. The van der Waals surface area contributed by atoms with Crippen LogP contribution in [0.5, 0.6) is 0 Å². The normalized spacial score (nSPS) is 20.4. The van der Waals surface area contributed by atoms with Crippen molar-refractivity contribution in [3.05, 3.63) is 12.2 Å². The SMILES string of the molecule is N#C/C=C/C1CNC1. The van der Waals surface area contributed by atoms with Gasteiger partial charge in [-0.3, -0.25) is 0 Å². The fraction of sp³-hybridized carbons (Fsp3) is 0.500. The van der Waals surface area contributed by atoms with Crippen molar-refractivity contribution in [2.75, 3.05) is 13.1 Å². The maximum atomic E-state index is 8.08.